The maximum atomic E-state index is 12.5. The van der Waals surface area contributed by atoms with Gasteiger partial charge >= 0.3 is 0 Å². The van der Waals surface area contributed by atoms with Crippen molar-refractivity contribution < 1.29 is 14.3 Å². The molecule has 0 aliphatic carbocycles. The lowest BCUT2D eigenvalue weighted by atomic mass is 10.1. The second-order valence-electron chi connectivity index (χ2n) is 6.97. The van der Waals surface area contributed by atoms with Crippen LogP contribution in [0.2, 0.25) is 5.02 Å². The van der Waals surface area contributed by atoms with Crippen LogP contribution in [-0.4, -0.2) is 57.5 Å². The molecule has 7 nitrogen and oxygen atoms in total. The van der Waals surface area contributed by atoms with Gasteiger partial charge in [0.15, 0.2) is 11.0 Å². The molecule has 0 fully saturated rings. The molecule has 1 aliphatic heterocycles. The molecule has 2 heterocycles. The average Bonchev–Trinajstić information content (AvgIpc) is 3.29. The molecule has 0 saturated carbocycles. The van der Waals surface area contributed by atoms with Gasteiger partial charge < -0.3 is 9.30 Å². The summed E-state index contributed by atoms with van der Waals surface area (Å²) in [5.74, 6) is 0.777. The summed E-state index contributed by atoms with van der Waals surface area (Å²) >= 11 is 7.48. The minimum atomic E-state index is -0.246. The molecule has 0 spiro atoms. The van der Waals surface area contributed by atoms with Crippen molar-refractivity contribution in [3.05, 3.63) is 64.7 Å². The van der Waals surface area contributed by atoms with E-state index >= 15 is 0 Å². The molecule has 4 rings (SSSR count). The van der Waals surface area contributed by atoms with Crippen molar-refractivity contribution >= 4 is 35.2 Å². The number of hydrogen-bond acceptors (Lipinski definition) is 6. The number of benzene rings is 2. The molecular weight excluding hydrogens is 436 g/mol. The highest BCUT2D eigenvalue weighted by atomic mass is 35.5. The molecule has 0 bridgehead atoms. The third kappa shape index (κ3) is 4.51. The largest absolute Gasteiger partial charge is 0.385 e. The third-order valence-electron chi connectivity index (χ3n) is 4.97. The maximum Gasteiger partial charge on any atom is 0.261 e. The number of rotatable bonds is 9. The number of imide groups is 1. The molecular formula is C22H21ClN4O3S. The summed E-state index contributed by atoms with van der Waals surface area (Å²) in [6, 6.07) is 14.4. The zero-order valence-electron chi connectivity index (χ0n) is 17.0. The number of ether oxygens (including phenoxy) is 1. The van der Waals surface area contributed by atoms with E-state index in [4.69, 9.17) is 16.3 Å². The van der Waals surface area contributed by atoms with E-state index in [2.05, 4.69) is 10.2 Å². The highest BCUT2D eigenvalue weighted by molar-refractivity contribution is 7.99. The van der Waals surface area contributed by atoms with Gasteiger partial charge in [0, 0.05) is 43.1 Å². The number of methoxy groups -OCH3 is 1. The monoisotopic (exact) mass is 456 g/mol. The third-order valence-corrected chi connectivity index (χ3v) is 6.17. The fraction of sp³-hybridized carbons (Fsp3) is 0.273. The van der Waals surface area contributed by atoms with E-state index in [1.807, 2.05) is 28.8 Å². The Morgan fingerprint density at radius 1 is 0.968 bits per heavy atom. The Labute approximate surface area is 189 Å². The molecule has 0 unspecified atom stereocenters. The summed E-state index contributed by atoms with van der Waals surface area (Å²) in [5.41, 5.74) is 1.84. The number of thioether (sulfide) groups is 1. The van der Waals surface area contributed by atoms with Crippen molar-refractivity contribution in [2.45, 2.75) is 18.1 Å². The number of halogens is 1. The summed E-state index contributed by atoms with van der Waals surface area (Å²) < 4.78 is 7.22. The number of carbonyl (C=O) groups excluding carboxylic acids is 2. The fourth-order valence-corrected chi connectivity index (χ4v) is 4.46. The van der Waals surface area contributed by atoms with E-state index in [0.29, 0.717) is 41.6 Å². The number of amides is 2. The molecule has 2 amide bonds. The molecule has 160 valence electrons. The highest BCUT2D eigenvalue weighted by Gasteiger charge is 2.34. The molecule has 1 aliphatic rings. The minimum absolute atomic E-state index is 0.246. The minimum Gasteiger partial charge on any atom is -0.385 e. The first-order valence-electron chi connectivity index (χ1n) is 9.86. The van der Waals surface area contributed by atoms with E-state index in [1.165, 1.54) is 16.7 Å². The average molecular weight is 457 g/mol. The van der Waals surface area contributed by atoms with Gasteiger partial charge in [0.05, 0.1) is 11.1 Å². The quantitative estimate of drug-likeness (QED) is 0.275. The SMILES string of the molecule is COCCCn1c(SCCN2C(=O)c3ccccc3C2=O)nnc1-c1ccc(Cl)cc1. The van der Waals surface area contributed by atoms with Gasteiger partial charge in [-0.3, -0.25) is 14.5 Å². The first kappa shape index (κ1) is 21.5. The predicted molar refractivity (Wildman–Crippen MR) is 119 cm³/mol. The first-order chi connectivity index (χ1) is 15.1. The van der Waals surface area contributed by atoms with Gasteiger partial charge in [-0.1, -0.05) is 35.5 Å². The summed E-state index contributed by atoms with van der Waals surface area (Å²) in [7, 11) is 1.67. The van der Waals surface area contributed by atoms with Crippen LogP contribution in [0.4, 0.5) is 0 Å². The molecule has 0 atom stereocenters. The van der Waals surface area contributed by atoms with Crippen molar-refractivity contribution in [2.75, 3.05) is 26.0 Å². The lowest BCUT2D eigenvalue weighted by Crippen LogP contribution is -2.31. The van der Waals surface area contributed by atoms with E-state index in [9.17, 15) is 9.59 Å². The number of carbonyl (C=O) groups is 2. The van der Waals surface area contributed by atoms with Crippen molar-refractivity contribution in [3.8, 4) is 11.4 Å². The number of nitrogens with zero attached hydrogens (tertiary/aromatic N) is 4. The van der Waals surface area contributed by atoms with Crippen LogP contribution in [0.1, 0.15) is 27.1 Å². The van der Waals surface area contributed by atoms with Crippen LogP contribution in [0.5, 0.6) is 0 Å². The Morgan fingerprint density at radius 3 is 2.29 bits per heavy atom. The lowest BCUT2D eigenvalue weighted by Gasteiger charge is -2.14. The summed E-state index contributed by atoms with van der Waals surface area (Å²) in [4.78, 5) is 26.4. The normalized spacial score (nSPS) is 13.2. The lowest BCUT2D eigenvalue weighted by molar-refractivity contribution is 0.0664. The Kier molecular flexibility index (Phi) is 6.70. The molecule has 0 radical (unpaired) electrons. The van der Waals surface area contributed by atoms with Crippen LogP contribution in [0.15, 0.2) is 53.7 Å². The molecule has 1 aromatic heterocycles. The first-order valence-corrected chi connectivity index (χ1v) is 11.2. The van der Waals surface area contributed by atoms with Gasteiger partial charge in [-0.15, -0.1) is 10.2 Å². The summed E-state index contributed by atoms with van der Waals surface area (Å²) in [6.45, 7) is 1.61. The van der Waals surface area contributed by atoms with Gasteiger partial charge in [-0.2, -0.15) is 0 Å². The van der Waals surface area contributed by atoms with Crippen molar-refractivity contribution in [1.82, 2.24) is 19.7 Å². The molecule has 9 heteroatoms. The molecule has 0 saturated heterocycles. The highest BCUT2D eigenvalue weighted by Crippen LogP contribution is 2.27. The van der Waals surface area contributed by atoms with Crippen LogP contribution in [0.3, 0.4) is 0 Å². The predicted octanol–water partition coefficient (Wildman–Crippen LogP) is 4.02. The Balaban J connectivity index is 1.47. The standard InChI is InChI=1S/C22H21ClN4O3S/c1-30-13-4-11-26-19(15-7-9-16(23)10-8-15)24-25-22(26)31-14-12-27-20(28)17-5-2-3-6-18(17)21(27)29/h2-3,5-10H,4,11-14H2,1H3. The fourth-order valence-electron chi connectivity index (χ4n) is 3.45. The van der Waals surface area contributed by atoms with Crippen LogP contribution < -0.4 is 0 Å². The zero-order valence-corrected chi connectivity index (χ0v) is 18.5. The second-order valence-corrected chi connectivity index (χ2v) is 8.47. The van der Waals surface area contributed by atoms with Gasteiger partial charge in [0.2, 0.25) is 0 Å². The topological polar surface area (TPSA) is 77.3 Å². The van der Waals surface area contributed by atoms with Gasteiger partial charge in [-0.05, 0) is 42.8 Å². The number of hydrogen-bond donors (Lipinski definition) is 0. The van der Waals surface area contributed by atoms with Crippen LogP contribution in [0.25, 0.3) is 11.4 Å². The van der Waals surface area contributed by atoms with Crippen molar-refractivity contribution in [3.63, 3.8) is 0 Å². The zero-order chi connectivity index (χ0) is 21.8. The van der Waals surface area contributed by atoms with Crippen molar-refractivity contribution in [1.29, 1.82) is 0 Å². The van der Waals surface area contributed by atoms with E-state index in [-0.39, 0.29) is 11.8 Å². The Morgan fingerprint density at radius 2 is 1.65 bits per heavy atom. The molecule has 31 heavy (non-hydrogen) atoms. The van der Waals surface area contributed by atoms with Gasteiger partial charge in [0.25, 0.3) is 11.8 Å². The number of fused-ring (bicyclic) bond motifs is 1. The Hall–Kier alpha value is -2.68. The number of aromatic nitrogens is 3. The van der Waals surface area contributed by atoms with Crippen LogP contribution >= 0.6 is 23.4 Å². The van der Waals surface area contributed by atoms with Gasteiger partial charge in [0.1, 0.15) is 0 Å². The molecule has 3 aromatic rings. The summed E-state index contributed by atoms with van der Waals surface area (Å²) in [5, 5.41) is 10.1. The van der Waals surface area contributed by atoms with Crippen molar-refractivity contribution in [2.24, 2.45) is 0 Å². The second kappa shape index (κ2) is 9.64. The van der Waals surface area contributed by atoms with E-state index in [0.717, 1.165) is 23.0 Å². The van der Waals surface area contributed by atoms with E-state index in [1.54, 1.807) is 31.4 Å². The smallest absolute Gasteiger partial charge is 0.261 e. The Bertz CT molecular complexity index is 1070. The van der Waals surface area contributed by atoms with Crippen LogP contribution in [-0.2, 0) is 11.3 Å². The molecule has 0 N–H and O–H groups in total. The maximum absolute atomic E-state index is 12.5. The van der Waals surface area contributed by atoms with E-state index < -0.39 is 0 Å². The van der Waals surface area contributed by atoms with Crippen LogP contribution in [0, 0.1) is 0 Å². The summed E-state index contributed by atoms with van der Waals surface area (Å²) in [6.07, 6.45) is 0.807. The molecule has 2 aromatic carbocycles. The van der Waals surface area contributed by atoms with Gasteiger partial charge in [-0.25, -0.2) is 0 Å².